The standard InChI is InChI=1S/C19H27N5O7/c1-9(20)16(27)23-13(7-11-3-5-12(25)6-4-11)18(29)22-10(2)17(28)24-14(19(30)31)8-15(21)26/h3-6,9-10,13-14,25H,7-8,20H2,1-2H3,(H2,21,26)(H,22,29)(H,23,27)(H,24,28)(H,30,31). The molecule has 1 rings (SSSR count). The minimum absolute atomic E-state index is 0.0265. The number of nitrogens with two attached hydrogens (primary N) is 2. The monoisotopic (exact) mass is 437 g/mol. The van der Waals surface area contributed by atoms with Crippen LogP contribution in [0.2, 0.25) is 0 Å². The first kappa shape index (κ1) is 25.4. The third-order valence-electron chi connectivity index (χ3n) is 4.19. The zero-order valence-corrected chi connectivity index (χ0v) is 17.1. The highest BCUT2D eigenvalue weighted by Crippen LogP contribution is 2.11. The van der Waals surface area contributed by atoms with Gasteiger partial charge in [0.05, 0.1) is 12.5 Å². The number of carboxylic acid groups (broad SMARTS) is 1. The van der Waals surface area contributed by atoms with E-state index < -0.39 is 60.2 Å². The number of aromatic hydroxyl groups is 1. The maximum absolute atomic E-state index is 12.7. The molecule has 0 bridgehead atoms. The Bertz CT molecular complexity index is 825. The van der Waals surface area contributed by atoms with Crippen molar-refractivity contribution in [1.29, 1.82) is 0 Å². The number of hydrogen-bond acceptors (Lipinski definition) is 7. The Hall–Kier alpha value is -3.67. The van der Waals surface area contributed by atoms with E-state index in [-0.39, 0.29) is 12.2 Å². The number of nitrogens with one attached hydrogen (secondary N) is 3. The predicted octanol–water partition coefficient (Wildman–Crippen LogP) is -2.28. The maximum atomic E-state index is 12.7. The molecule has 0 aliphatic carbocycles. The average Bonchev–Trinajstić information content (AvgIpc) is 2.67. The van der Waals surface area contributed by atoms with E-state index in [9.17, 15) is 29.1 Å². The van der Waals surface area contributed by atoms with Crippen LogP contribution in [0, 0.1) is 0 Å². The van der Waals surface area contributed by atoms with E-state index in [1.54, 1.807) is 12.1 Å². The Morgan fingerprint density at radius 3 is 1.94 bits per heavy atom. The Morgan fingerprint density at radius 2 is 1.45 bits per heavy atom. The molecule has 0 heterocycles. The number of carboxylic acids is 1. The summed E-state index contributed by atoms with van der Waals surface area (Å²) in [5, 5.41) is 25.4. The summed E-state index contributed by atoms with van der Waals surface area (Å²) in [6, 6.07) is 1.24. The van der Waals surface area contributed by atoms with Crippen molar-refractivity contribution >= 4 is 29.6 Å². The van der Waals surface area contributed by atoms with E-state index in [0.29, 0.717) is 5.56 Å². The van der Waals surface area contributed by atoms with Crippen LogP contribution in [-0.4, -0.2) is 64.0 Å². The van der Waals surface area contributed by atoms with Crippen LogP contribution in [0.15, 0.2) is 24.3 Å². The predicted molar refractivity (Wildman–Crippen MR) is 108 cm³/mol. The lowest BCUT2D eigenvalue weighted by Gasteiger charge is -2.23. The zero-order valence-electron chi connectivity index (χ0n) is 17.1. The number of benzene rings is 1. The summed E-state index contributed by atoms with van der Waals surface area (Å²) in [6.45, 7) is 2.74. The van der Waals surface area contributed by atoms with Crippen molar-refractivity contribution < 1.29 is 34.2 Å². The lowest BCUT2D eigenvalue weighted by Crippen LogP contribution is -2.56. The van der Waals surface area contributed by atoms with Gasteiger partial charge in [-0.1, -0.05) is 12.1 Å². The molecule has 0 aliphatic rings. The molecule has 12 heteroatoms. The molecule has 0 aliphatic heterocycles. The molecule has 1 aromatic carbocycles. The molecule has 1 aromatic rings. The zero-order chi connectivity index (χ0) is 23.7. The van der Waals surface area contributed by atoms with Crippen molar-refractivity contribution in [2.75, 3.05) is 0 Å². The van der Waals surface area contributed by atoms with Gasteiger partial charge in [0.25, 0.3) is 0 Å². The van der Waals surface area contributed by atoms with Gasteiger partial charge in [0.15, 0.2) is 0 Å². The SMILES string of the molecule is CC(N)C(=O)NC(Cc1ccc(O)cc1)C(=O)NC(C)C(=O)NC(CC(N)=O)C(=O)O. The molecule has 4 atom stereocenters. The number of amides is 4. The van der Waals surface area contributed by atoms with Gasteiger partial charge >= 0.3 is 5.97 Å². The normalized spacial score (nSPS) is 14.4. The number of primary amides is 1. The highest BCUT2D eigenvalue weighted by atomic mass is 16.4. The van der Waals surface area contributed by atoms with Gasteiger partial charge < -0.3 is 37.6 Å². The van der Waals surface area contributed by atoms with Crippen LogP contribution in [0.5, 0.6) is 5.75 Å². The minimum Gasteiger partial charge on any atom is -0.508 e. The van der Waals surface area contributed by atoms with Gasteiger partial charge in [0.2, 0.25) is 23.6 Å². The van der Waals surface area contributed by atoms with Crippen molar-refractivity contribution in [3.05, 3.63) is 29.8 Å². The highest BCUT2D eigenvalue weighted by Gasteiger charge is 2.28. The molecule has 170 valence electrons. The summed E-state index contributed by atoms with van der Waals surface area (Å²) in [7, 11) is 0. The topological polar surface area (TPSA) is 214 Å². The van der Waals surface area contributed by atoms with Crippen LogP contribution < -0.4 is 27.4 Å². The summed E-state index contributed by atoms with van der Waals surface area (Å²) in [5.74, 6) is -4.52. The molecule has 0 saturated carbocycles. The lowest BCUT2D eigenvalue weighted by molar-refractivity contribution is -0.143. The summed E-state index contributed by atoms with van der Waals surface area (Å²) in [6.07, 6.45) is -0.575. The van der Waals surface area contributed by atoms with Crippen molar-refractivity contribution in [1.82, 2.24) is 16.0 Å². The van der Waals surface area contributed by atoms with Crippen LogP contribution in [0.25, 0.3) is 0 Å². The van der Waals surface area contributed by atoms with Crippen LogP contribution in [0.1, 0.15) is 25.8 Å². The molecule has 0 aromatic heterocycles. The Labute approximate surface area is 178 Å². The Balaban J connectivity index is 2.88. The number of carbonyl (C=O) groups excluding carboxylic acids is 4. The van der Waals surface area contributed by atoms with Crippen LogP contribution in [-0.2, 0) is 30.4 Å². The second kappa shape index (κ2) is 11.5. The number of hydrogen-bond donors (Lipinski definition) is 7. The van der Waals surface area contributed by atoms with E-state index >= 15 is 0 Å². The van der Waals surface area contributed by atoms with Crippen molar-refractivity contribution in [3.8, 4) is 5.75 Å². The van der Waals surface area contributed by atoms with Crippen LogP contribution >= 0.6 is 0 Å². The van der Waals surface area contributed by atoms with Gasteiger partial charge in [-0.05, 0) is 31.5 Å². The highest BCUT2D eigenvalue weighted by molar-refractivity contribution is 5.94. The number of aliphatic carboxylic acids is 1. The first-order valence-electron chi connectivity index (χ1n) is 9.36. The van der Waals surface area contributed by atoms with E-state index in [0.717, 1.165) is 0 Å². The summed E-state index contributed by atoms with van der Waals surface area (Å²) in [5.41, 5.74) is 11.1. The molecule has 0 radical (unpaired) electrons. The van der Waals surface area contributed by atoms with Crippen LogP contribution in [0.4, 0.5) is 0 Å². The van der Waals surface area contributed by atoms with E-state index in [4.69, 9.17) is 16.6 Å². The van der Waals surface area contributed by atoms with Gasteiger partial charge in [0.1, 0.15) is 23.9 Å². The van der Waals surface area contributed by atoms with Gasteiger partial charge in [-0.3, -0.25) is 19.2 Å². The molecule has 0 fully saturated rings. The first-order chi connectivity index (χ1) is 14.4. The van der Waals surface area contributed by atoms with Crippen molar-refractivity contribution in [2.45, 2.75) is 50.9 Å². The number of phenols is 1. The second-order valence-corrected chi connectivity index (χ2v) is 7.02. The number of phenolic OH excluding ortho intramolecular Hbond substituents is 1. The summed E-state index contributed by atoms with van der Waals surface area (Å²) >= 11 is 0. The fourth-order valence-corrected chi connectivity index (χ4v) is 2.46. The molecule has 0 saturated heterocycles. The summed E-state index contributed by atoms with van der Waals surface area (Å²) in [4.78, 5) is 59.1. The fraction of sp³-hybridized carbons (Fsp3) is 0.421. The van der Waals surface area contributed by atoms with E-state index in [2.05, 4.69) is 16.0 Å². The quantitative estimate of drug-likeness (QED) is 0.200. The third kappa shape index (κ3) is 8.70. The van der Waals surface area contributed by atoms with Gasteiger partial charge in [-0.15, -0.1) is 0 Å². The average molecular weight is 437 g/mol. The lowest BCUT2D eigenvalue weighted by atomic mass is 10.0. The minimum atomic E-state index is -1.55. The number of carbonyl (C=O) groups is 5. The maximum Gasteiger partial charge on any atom is 0.326 e. The fourth-order valence-electron chi connectivity index (χ4n) is 2.46. The molecular formula is C19H27N5O7. The van der Waals surface area contributed by atoms with Crippen molar-refractivity contribution in [2.24, 2.45) is 11.5 Å². The molecule has 12 nitrogen and oxygen atoms in total. The molecule has 9 N–H and O–H groups in total. The first-order valence-corrected chi connectivity index (χ1v) is 9.36. The molecule has 31 heavy (non-hydrogen) atoms. The molecule has 0 spiro atoms. The summed E-state index contributed by atoms with van der Waals surface area (Å²) < 4.78 is 0. The second-order valence-electron chi connectivity index (χ2n) is 7.02. The molecular weight excluding hydrogens is 410 g/mol. The molecule has 4 unspecified atom stereocenters. The number of rotatable bonds is 11. The van der Waals surface area contributed by atoms with Gasteiger partial charge in [-0.25, -0.2) is 4.79 Å². The van der Waals surface area contributed by atoms with E-state index in [1.807, 2.05) is 0 Å². The molecule has 4 amide bonds. The van der Waals surface area contributed by atoms with Crippen LogP contribution in [0.3, 0.4) is 0 Å². The third-order valence-corrected chi connectivity index (χ3v) is 4.19. The van der Waals surface area contributed by atoms with Gasteiger partial charge in [0, 0.05) is 6.42 Å². The Kier molecular flexibility index (Phi) is 9.41. The smallest absolute Gasteiger partial charge is 0.326 e. The Morgan fingerprint density at radius 1 is 0.903 bits per heavy atom. The van der Waals surface area contributed by atoms with E-state index in [1.165, 1.54) is 26.0 Å². The van der Waals surface area contributed by atoms with Crippen molar-refractivity contribution in [3.63, 3.8) is 0 Å². The van der Waals surface area contributed by atoms with Gasteiger partial charge in [-0.2, -0.15) is 0 Å². The largest absolute Gasteiger partial charge is 0.508 e.